The lowest BCUT2D eigenvalue weighted by molar-refractivity contribution is -0.128. The maximum atomic E-state index is 13.4. The van der Waals surface area contributed by atoms with Crippen molar-refractivity contribution in [1.82, 2.24) is 16.0 Å². The van der Waals surface area contributed by atoms with Crippen molar-refractivity contribution in [3.8, 4) is 0 Å². The first kappa shape index (κ1) is 34.0. The van der Waals surface area contributed by atoms with Gasteiger partial charge in [-0.2, -0.15) is 0 Å². The molecule has 3 amide bonds. The second-order valence-electron chi connectivity index (χ2n) is 11.0. The van der Waals surface area contributed by atoms with Gasteiger partial charge in [-0.25, -0.2) is 0 Å². The van der Waals surface area contributed by atoms with E-state index in [0.717, 1.165) is 24.8 Å². The first-order chi connectivity index (χ1) is 19.7. The zero-order valence-corrected chi connectivity index (χ0v) is 24.2. The molecule has 4 atom stereocenters. The number of nitrogens with one attached hydrogen (secondary N) is 3. The lowest BCUT2D eigenvalue weighted by atomic mass is 9.98. The largest absolute Gasteiger partial charge is 0.370 e. The van der Waals surface area contributed by atoms with E-state index < -0.39 is 24.0 Å². The number of nitrogens with zero attached hydrogens (tertiary/aromatic N) is 1. The highest BCUT2D eigenvalue weighted by atomic mass is 16.2. The van der Waals surface area contributed by atoms with Gasteiger partial charge in [0.2, 0.25) is 17.7 Å². The SMILES string of the molecule is NCCCC[C@H](NC(=O)[C@H](Cc1ccccc1)NC[C@@H](CCCN=C(N)N)NC(=O)[C@@H](N)CC1CCCC1)C(N)=O. The highest BCUT2D eigenvalue weighted by Gasteiger charge is 2.27. The highest BCUT2D eigenvalue weighted by molar-refractivity contribution is 5.89. The standard InChI is InChI=1S/C29H51N9O3/c30-15-7-6-14-24(26(32)39)38-28(41)25(18-21-9-2-1-3-10-21)36-19-22(13-8-16-35-29(33)34)37-27(40)23(31)17-20-11-4-5-12-20/h1-3,9-10,20,22-25,36H,4-8,11-19,30-31H2,(H2,32,39)(H,37,40)(H,38,41)(H4,33,34,35)/t22-,23+,24+,25+/m1/s1. The Hall–Kier alpha value is -3.22. The Kier molecular flexibility index (Phi) is 15.7. The molecule has 41 heavy (non-hydrogen) atoms. The van der Waals surface area contributed by atoms with Crippen LogP contribution in [-0.4, -0.2) is 67.5 Å². The van der Waals surface area contributed by atoms with Crippen LogP contribution in [0.5, 0.6) is 0 Å². The summed E-state index contributed by atoms with van der Waals surface area (Å²) in [5.41, 5.74) is 29.3. The van der Waals surface area contributed by atoms with Crippen molar-refractivity contribution in [1.29, 1.82) is 0 Å². The fourth-order valence-electron chi connectivity index (χ4n) is 5.23. The van der Waals surface area contributed by atoms with Crippen molar-refractivity contribution < 1.29 is 14.4 Å². The number of carbonyl (C=O) groups is 3. The Balaban J connectivity index is 2.10. The van der Waals surface area contributed by atoms with Crippen LogP contribution in [-0.2, 0) is 20.8 Å². The molecule has 0 spiro atoms. The molecular formula is C29H51N9O3. The molecule has 1 fully saturated rings. The Labute approximate surface area is 244 Å². The molecule has 0 saturated heterocycles. The molecule has 1 aliphatic rings. The van der Waals surface area contributed by atoms with Crippen molar-refractivity contribution in [3.63, 3.8) is 0 Å². The van der Waals surface area contributed by atoms with Crippen LogP contribution < -0.4 is 44.6 Å². The summed E-state index contributed by atoms with van der Waals surface area (Å²) in [5, 5.41) is 9.21. The number of amides is 3. The molecule has 12 nitrogen and oxygen atoms in total. The summed E-state index contributed by atoms with van der Waals surface area (Å²) in [7, 11) is 0. The first-order valence-corrected chi connectivity index (χ1v) is 14.9. The monoisotopic (exact) mass is 573 g/mol. The Morgan fingerprint density at radius 2 is 1.61 bits per heavy atom. The van der Waals surface area contributed by atoms with Gasteiger partial charge in [0.1, 0.15) is 6.04 Å². The van der Waals surface area contributed by atoms with Crippen molar-refractivity contribution in [2.75, 3.05) is 19.6 Å². The van der Waals surface area contributed by atoms with E-state index in [9.17, 15) is 14.4 Å². The molecule has 230 valence electrons. The average Bonchev–Trinajstić information content (AvgIpc) is 3.45. The molecule has 0 heterocycles. The average molecular weight is 574 g/mol. The molecule has 1 aromatic rings. The number of unbranched alkanes of at least 4 members (excludes halogenated alkanes) is 1. The number of primary amides is 1. The molecule has 13 N–H and O–H groups in total. The number of nitrogens with two attached hydrogens (primary N) is 5. The lowest BCUT2D eigenvalue weighted by Gasteiger charge is -2.26. The maximum absolute atomic E-state index is 13.4. The summed E-state index contributed by atoms with van der Waals surface area (Å²) in [4.78, 5) is 42.5. The van der Waals surface area contributed by atoms with Gasteiger partial charge in [0, 0.05) is 19.1 Å². The minimum absolute atomic E-state index is 0.0114. The maximum Gasteiger partial charge on any atom is 0.240 e. The van der Waals surface area contributed by atoms with E-state index in [1.54, 1.807) is 0 Å². The van der Waals surface area contributed by atoms with Gasteiger partial charge in [0.05, 0.1) is 12.1 Å². The number of hydrogen-bond acceptors (Lipinski definition) is 7. The normalized spacial score (nSPS) is 16.3. The Morgan fingerprint density at radius 3 is 2.24 bits per heavy atom. The molecular weight excluding hydrogens is 522 g/mol. The second-order valence-corrected chi connectivity index (χ2v) is 11.0. The van der Waals surface area contributed by atoms with Gasteiger partial charge in [-0.1, -0.05) is 56.0 Å². The topological polar surface area (TPSA) is 230 Å². The number of guanidine groups is 1. The quantitative estimate of drug-likeness (QED) is 0.0586. The van der Waals surface area contributed by atoms with Crippen LogP contribution in [0.1, 0.15) is 69.8 Å². The minimum atomic E-state index is -0.794. The molecule has 12 heteroatoms. The molecule has 0 radical (unpaired) electrons. The smallest absolute Gasteiger partial charge is 0.240 e. The fourth-order valence-corrected chi connectivity index (χ4v) is 5.23. The number of rotatable bonds is 20. The molecule has 1 aromatic carbocycles. The van der Waals surface area contributed by atoms with Crippen LogP contribution in [0.4, 0.5) is 0 Å². The van der Waals surface area contributed by atoms with E-state index in [0.29, 0.717) is 64.1 Å². The molecule has 0 unspecified atom stereocenters. The van der Waals surface area contributed by atoms with Crippen LogP contribution in [0.15, 0.2) is 35.3 Å². The van der Waals surface area contributed by atoms with Gasteiger partial charge in [-0.05, 0) is 63.0 Å². The molecule has 0 aliphatic heterocycles. The summed E-state index contributed by atoms with van der Waals surface area (Å²) in [6, 6.07) is 7.22. The summed E-state index contributed by atoms with van der Waals surface area (Å²) in [5.74, 6) is -0.638. The van der Waals surface area contributed by atoms with Crippen LogP contribution in [0, 0.1) is 5.92 Å². The van der Waals surface area contributed by atoms with Crippen molar-refractivity contribution in [2.45, 2.75) is 94.8 Å². The second kappa shape index (κ2) is 19.0. The van der Waals surface area contributed by atoms with Crippen LogP contribution in [0.3, 0.4) is 0 Å². The fraction of sp³-hybridized carbons (Fsp3) is 0.655. The van der Waals surface area contributed by atoms with Gasteiger partial charge in [-0.15, -0.1) is 0 Å². The van der Waals surface area contributed by atoms with Gasteiger partial charge < -0.3 is 44.6 Å². The minimum Gasteiger partial charge on any atom is -0.370 e. The van der Waals surface area contributed by atoms with Crippen molar-refractivity contribution in [3.05, 3.63) is 35.9 Å². The molecule has 1 saturated carbocycles. The van der Waals surface area contributed by atoms with Crippen LogP contribution >= 0.6 is 0 Å². The Morgan fingerprint density at radius 1 is 0.902 bits per heavy atom. The lowest BCUT2D eigenvalue weighted by Crippen LogP contribution is -2.55. The molecule has 0 bridgehead atoms. The molecule has 2 rings (SSSR count). The van der Waals surface area contributed by atoms with Gasteiger partial charge >= 0.3 is 0 Å². The predicted octanol–water partition coefficient (Wildman–Crippen LogP) is -0.268. The summed E-state index contributed by atoms with van der Waals surface area (Å²) >= 11 is 0. The van der Waals surface area contributed by atoms with E-state index >= 15 is 0 Å². The van der Waals surface area contributed by atoms with E-state index in [1.807, 2.05) is 30.3 Å². The van der Waals surface area contributed by atoms with Crippen molar-refractivity contribution >= 4 is 23.7 Å². The van der Waals surface area contributed by atoms with Gasteiger partial charge in [0.15, 0.2) is 5.96 Å². The summed E-state index contributed by atoms with van der Waals surface area (Å²) in [6.07, 6.45) is 8.67. The van der Waals surface area contributed by atoms with Crippen LogP contribution in [0.25, 0.3) is 0 Å². The predicted molar refractivity (Wildman–Crippen MR) is 162 cm³/mol. The number of hydrogen-bond donors (Lipinski definition) is 8. The number of benzene rings is 1. The van der Waals surface area contributed by atoms with E-state index in [2.05, 4.69) is 20.9 Å². The number of aliphatic imine (C=N–C) groups is 1. The molecule has 0 aromatic heterocycles. The third-order valence-corrected chi connectivity index (χ3v) is 7.57. The highest BCUT2D eigenvalue weighted by Crippen LogP contribution is 2.28. The third-order valence-electron chi connectivity index (χ3n) is 7.57. The molecule has 1 aliphatic carbocycles. The third kappa shape index (κ3) is 13.8. The van der Waals surface area contributed by atoms with E-state index in [1.165, 1.54) is 12.8 Å². The summed E-state index contributed by atoms with van der Waals surface area (Å²) < 4.78 is 0. The van der Waals surface area contributed by atoms with E-state index in [-0.39, 0.29) is 23.8 Å². The van der Waals surface area contributed by atoms with E-state index in [4.69, 9.17) is 28.7 Å². The summed E-state index contributed by atoms with van der Waals surface area (Å²) in [6.45, 7) is 1.22. The zero-order valence-electron chi connectivity index (χ0n) is 24.2. The van der Waals surface area contributed by atoms with Gasteiger partial charge in [-0.3, -0.25) is 19.4 Å². The number of carbonyl (C=O) groups excluding carboxylic acids is 3. The zero-order chi connectivity index (χ0) is 30.0. The van der Waals surface area contributed by atoms with Crippen molar-refractivity contribution in [2.24, 2.45) is 39.6 Å². The van der Waals surface area contributed by atoms with Crippen LogP contribution in [0.2, 0.25) is 0 Å². The first-order valence-electron chi connectivity index (χ1n) is 14.9. The van der Waals surface area contributed by atoms with Gasteiger partial charge in [0.25, 0.3) is 0 Å². The Bertz CT molecular complexity index is 950.